The van der Waals surface area contributed by atoms with Gasteiger partial charge in [0.1, 0.15) is 0 Å². The zero-order valence-corrected chi connectivity index (χ0v) is 14.5. The Kier molecular flexibility index (Phi) is 5.93. The lowest BCUT2D eigenvalue weighted by molar-refractivity contribution is 0.0913. The zero-order chi connectivity index (χ0) is 18.4. The molecule has 0 saturated carbocycles. The van der Waals surface area contributed by atoms with E-state index in [0.717, 1.165) is 0 Å². The van der Waals surface area contributed by atoms with Crippen molar-refractivity contribution in [1.29, 1.82) is 10.5 Å². The number of carbonyl (C=O) groups excluding carboxylic acids is 2. The molecule has 6 heteroatoms. The fourth-order valence-corrected chi connectivity index (χ4v) is 2.52. The Bertz CT molecular complexity index is 800. The van der Waals surface area contributed by atoms with E-state index in [2.05, 4.69) is 0 Å². The second kappa shape index (κ2) is 7.94. The summed E-state index contributed by atoms with van der Waals surface area (Å²) in [6, 6.07) is 15.9. The van der Waals surface area contributed by atoms with Crippen LogP contribution >= 0.6 is 23.2 Å². The Balaban J connectivity index is 2.20. The van der Waals surface area contributed by atoms with E-state index in [4.69, 9.17) is 23.2 Å². The van der Waals surface area contributed by atoms with E-state index in [9.17, 15) is 20.1 Å². The number of rotatable bonds is 6. The SMILES string of the molecule is N#CC(C#N)(CC(=O)c1ccc(Cl)cc1)CC(=O)c1ccc(Cl)cc1. The van der Waals surface area contributed by atoms with E-state index in [1.807, 2.05) is 12.1 Å². The molecule has 0 radical (unpaired) electrons. The van der Waals surface area contributed by atoms with E-state index in [1.54, 1.807) is 24.3 Å². The molecule has 2 aromatic carbocycles. The molecule has 0 aliphatic carbocycles. The van der Waals surface area contributed by atoms with Crippen LogP contribution in [0.1, 0.15) is 33.6 Å². The molecule has 0 heterocycles. The first-order valence-electron chi connectivity index (χ1n) is 7.29. The molecule has 0 amide bonds. The summed E-state index contributed by atoms with van der Waals surface area (Å²) in [5.74, 6) is -0.799. The van der Waals surface area contributed by atoms with Crippen molar-refractivity contribution in [2.75, 3.05) is 0 Å². The van der Waals surface area contributed by atoms with E-state index in [-0.39, 0.29) is 12.8 Å². The van der Waals surface area contributed by atoms with Crippen LogP contribution < -0.4 is 0 Å². The first-order valence-corrected chi connectivity index (χ1v) is 8.05. The van der Waals surface area contributed by atoms with Gasteiger partial charge in [-0.15, -0.1) is 0 Å². The quantitative estimate of drug-likeness (QED) is 0.678. The summed E-state index contributed by atoms with van der Waals surface area (Å²) in [4.78, 5) is 24.8. The molecule has 0 saturated heterocycles. The molecular weight excluding hydrogens is 359 g/mol. The van der Waals surface area contributed by atoms with Crippen molar-refractivity contribution in [2.24, 2.45) is 5.41 Å². The van der Waals surface area contributed by atoms with Crippen molar-refractivity contribution in [2.45, 2.75) is 12.8 Å². The Morgan fingerprint density at radius 3 is 1.36 bits per heavy atom. The molecule has 0 atom stereocenters. The molecule has 124 valence electrons. The molecule has 2 rings (SSSR count). The summed E-state index contributed by atoms with van der Waals surface area (Å²) < 4.78 is 0. The highest BCUT2D eigenvalue weighted by Crippen LogP contribution is 2.29. The molecule has 4 nitrogen and oxygen atoms in total. The number of Topliss-reactive ketones (excluding diaryl/α,β-unsaturated/α-hetero) is 2. The minimum absolute atomic E-state index is 0.332. The smallest absolute Gasteiger partial charge is 0.165 e. The Morgan fingerprint density at radius 2 is 1.08 bits per heavy atom. The van der Waals surface area contributed by atoms with Crippen LogP contribution in [0.25, 0.3) is 0 Å². The highest BCUT2D eigenvalue weighted by molar-refractivity contribution is 6.31. The number of hydrogen-bond acceptors (Lipinski definition) is 4. The minimum Gasteiger partial charge on any atom is -0.294 e. The Labute approximate surface area is 155 Å². The average molecular weight is 371 g/mol. The van der Waals surface area contributed by atoms with Gasteiger partial charge in [0, 0.05) is 34.0 Å². The largest absolute Gasteiger partial charge is 0.294 e. The van der Waals surface area contributed by atoms with E-state index in [1.165, 1.54) is 24.3 Å². The lowest BCUT2D eigenvalue weighted by Crippen LogP contribution is -2.25. The lowest BCUT2D eigenvalue weighted by atomic mass is 9.79. The minimum atomic E-state index is -1.73. The van der Waals surface area contributed by atoms with Gasteiger partial charge in [-0.1, -0.05) is 23.2 Å². The van der Waals surface area contributed by atoms with Gasteiger partial charge in [0.2, 0.25) is 0 Å². The molecule has 25 heavy (non-hydrogen) atoms. The number of benzene rings is 2. The fourth-order valence-electron chi connectivity index (χ4n) is 2.27. The normalized spacial score (nSPS) is 10.6. The van der Waals surface area contributed by atoms with E-state index in [0.29, 0.717) is 21.2 Å². The van der Waals surface area contributed by atoms with Gasteiger partial charge in [0.15, 0.2) is 17.0 Å². The van der Waals surface area contributed by atoms with Crippen LogP contribution in [0.4, 0.5) is 0 Å². The zero-order valence-electron chi connectivity index (χ0n) is 13.0. The number of halogens is 2. The molecule has 0 N–H and O–H groups in total. The Hall–Kier alpha value is -2.66. The molecule has 0 unspecified atom stereocenters. The predicted molar refractivity (Wildman–Crippen MR) is 94.5 cm³/mol. The molecule has 0 fully saturated rings. The van der Waals surface area contributed by atoms with Gasteiger partial charge in [-0.3, -0.25) is 9.59 Å². The summed E-state index contributed by atoms with van der Waals surface area (Å²) >= 11 is 11.6. The number of ketones is 2. The topological polar surface area (TPSA) is 81.7 Å². The second-order valence-corrected chi connectivity index (χ2v) is 6.39. The maximum atomic E-state index is 12.4. The van der Waals surface area contributed by atoms with Gasteiger partial charge >= 0.3 is 0 Å². The number of carbonyl (C=O) groups is 2. The van der Waals surface area contributed by atoms with Gasteiger partial charge < -0.3 is 0 Å². The molecule has 0 bridgehead atoms. The summed E-state index contributed by atoms with van der Waals surface area (Å²) in [6.07, 6.45) is -0.748. The van der Waals surface area contributed by atoms with Crippen molar-refractivity contribution in [3.63, 3.8) is 0 Å². The molecule has 2 aromatic rings. The lowest BCUT2D eigenvalue weighted by Gasteiger charge is -2.17. The monoisotopic (exact) mass is 370 g/mol. The van der Waals surface area contributed by atoms with Crippen LogP contribution in [0, 0.1) is 28.1 Å². The maximum Gasteiger partial charge on any atom is 0.165 e. The standard InChI is InChI=1S/C19H12Cl2N2O2/c20-15-5-1-13(2-6-15)17(24)9-19(11-22,12-23)10-18(25)14-3-7-16(21)8-4-14/h1-8H,9-10H2. The molecule has 0 aromatic heterocycles. The second-order valence-electron chi connectivity index (χ2n) is 5.52. The van der Waals surface area contributed by atoms with Crippen molar-refractivity contribution in [1.82, 2.24) is 0 Å². The van der Waals surface area contributed by atoms with Crippen LogP contribution in [0.5, 0.6) is 0 Å². The molecule has 0 spiro atoms. The third-order valence-electron chi connectivity index (χ3n) is 3.69. The van der Waals surface area contributed by atoms with Crippen molar-refractivity contribution >= 4 is 34.8 Å². The van der Waals surface area contributed by atoms with Crippen LogP contribution in [0.2, 0.25) is 10.0 Å². The molecular formula is C19H12Cl2N2O2. The fraction of sp³-hybridized carbons (Fsp3) is 0.158. The van der Waals surface area contributed by atoms with Gasteiger partial charge in [-0.05, 0) is 48.5 Å². The first kappa shape index (κ1) is 18.7. The van der Waals surface area contributed by atoms with Crippen LogP contribution in [-0.4, -0.2) is 11.6 Å². The third kappa shape index (κ3) is 4.67. The summed E-state index contributed by atoms with van der Waals surface area (Å²) in [6.45, 7) is 0. The van der Waals surface area contributed by atoms with Gasteiger partial charge in [0.25, 0.3) is 0 Å². The van der Waals surface area contributed by atoms with Crippen molar-refractivity contribution in [3.05, 3.63) is 69.7 Å². The molecule has 0 aliphatic rings. The Morgan fingerprint density at radius 1 is 0.760 bits per heavy atom. The number of nitrogens with zero attached hydrogens (tertiary/aromatic N) is 2. The van der Waals surface area contributed by atoms with E-state index >= 15 is 0 Å². The van der Waals surface area contributed by atoms with E-state index < -0.39 is 17.0 Å². The number of hydrogen-bond donors (Lipinski definition) is 0. The highest BCUT2D eigenvalue weighted by Gasteiger charge is 2.36. The number of nitriles is 2. The maximum absolute atomic E-state index is 12.4. The third-order valence-corrected chi connectivity index (χ3v) is 4.19. The predicted octanol–water partition coefficient (Wildman–Crippen LogP) is 4.87. The highest BCUT2D eigenvalue weighted by atomic mass is 35.5. The van der Waals surface area contributed by atoms with Crippen LogP contribution in [-0.2, 0) is 0 Å². The van der Waals surface area contributed by atoms with Crippen LogP contribution in [0.15, 0.2) is 48.5 Å². The average Bonchev–Trinajstić information content (AvgIpc) is 2.62. The summed E-state index contributed by atoms with van der Waals surface area (Å²) in [7, 11) is 0. The van der Waals surface area contributed by atoms with Crippen LogP contribution in [0.3, 0.4) is 0 Å². The van der Waals surface area contributed by atoms with Gasteiger partial charge in [-0.25, -0.2) is 0 Å². The van der Waals surface area contributed by atoms with Crippen molar-refractivity contribution < 1.29 is 9.59 Å². The molecule has 0 aliphatic heterocycles. The summed E-state index contributed by atoms with van der Waals surface area (Å²) in [5.41, 5.74) is -1.07. The first-order chi connectivity index (χ1) is 11.9. The van der Waals surface area contributed by atoms with Crippen molar-refractivity contribution in [3.8, 4) is 12.1 Å². The summed E-state index contributed by atoms with van der Waals surface area (Å²) in [5, 5.41) is 19.8. The van der Waals surface area contributed by atoms with Gasteiger partial charge in [0.05, 0.1) is 12.1 Å². The van der Waals surface area contributed by atoms with Gasteiger partial charge in [-0.2, -0.15) is 10.5 Å².